The second-order valence-corrected chi connectivity index (χ2v) is 5.11. The lowest BCUT2D eigenvalue weighted by atomic mass is 10.1. The maximum Gasteiger partial charge on any atom is 0.260 e. The van der Waals surface area contributed by atoms with E-state index in [1.807, 2.05) is 19.9 Å². The van der Waals surface area contributed by atoms with E-state index in [0.29, 0.717) is 12.3 Å². The molecule has 0 spiro atoms. The molecule has 1 aromatic heterocycles. The van der Waals surface area contributed by atoms with Crippen molar-refractivity contribution in [2.75, 3.05) is 0 Å². The van der Waals surface area contributed by atoms with Crippen molar-refractivity contribution in [1.29, 1.82) is 0 Å². The molecule has 1 heterocycles. The van der Waals surface area contributed by atoms with Crippen LogP contribution >= 0.6 is 0 Å². The summed E-state index contributed by atoms with van der Waals surface area (Å²) in [5.41, 5.74) is 6.58. The van der Waals surface area contributed by atoms with E-state index in [4.69, 9.17) is 0 Å². The average molecular weight is 266 g/mol. The summed E-state index contributed by atoms with van der Waals surface area (Å²) in [6.45, 7) is 7.96. The van der Waals surface area contributed by atoms with Gasteiger partial charge in [0.1, 0.15) is 6.54 Å². The minimum atomic E-state index is -0.288. The first-order chi connectivity index (χ1) is 8.88. The largest absolute Gasteiger partial charge is 0.273 e. The molecule has 2 N–H and O–H groups in total. The molecule has 0 fully saturated rings. The molecular weight excluding hydrogens is 244 g/mol. The predicted molar refractivity (Wildman–Crippen MR) is 72.1 cm³/mol. The Bertz CT molecular complexity index is 451. The third-order valence-electron chi connectivity index (χ3n) is 2.69. The first kappa shape index (κ1) is 15.2. The number of rotatable bonds is 5. The summed E-state index contributed by atoms with van der Waals surface area (Å²) in [5, 5.41) is 4.18. The van der Waals surface area contributed by atoms with Crippen molar-refractivity contribution >= 4 is 11.8 Å². The summed E-state index contributed by atoms with van der Waals surface area (Å²) in [4.78, 5) is 23.1. The lowest BCUT2D eigenvalue weighted by Crippen LogP contribution is -2.43. The maximum absolute atomic E-state index is 11.6. The smallest absolute Gasteiger partial charge is 0.260 e. The molecule has 0 saturated heterocycles. The van der Waals surface area contributed by atoms with E-state index in [2.05, 4.69) is 29.8 Å². The fraction of sp³-hybridized carbons (Fsp3) is 0.615. The van der Waals surface area contributed by atoms with Crippen LogP contribution in [0, 0.1) is 19.8 Å². The molecule has 106 valence electrons. The summed E-state index contributed by atoms with van der Waals surface area (Å²) < 4.78 is 1.60. The number of nitrogens with one attached hydrogen (secondary N) is 2. The molecule has 0 atom stereocenters. The highest BCUT2D eigenvalue weighted by Gasteiger charge is 2.08. The molecule has 6 heteroatoms. The first-order valence-corrected chi connectivity index (χ1v) is 6.47. The van der Waals surface area contributed by atoms with Crippen LogP contribution in [0.3, 0.4) is 0 Å². The van der Waals surface area contributed by atoms with Gasteiger partial charge < -0.3 is 0 Å². The van der Waals surface area contributed by atoms with Gasteiger partial charge in [0.05, 0.1) is 5.69 Å². The van der Waals surface area contributed by atoms with Crippen LogP contribution in [-0.2, 0) is 16.1 Å². The summed E-state index contributed by atoms with van der Waals surface area (Å²) in [6.07, 6.45) is 1.22. The Morgan fingerprint density at radius 3 is 2.42 bits per heavy atom. The second-order valence-electron chi connectivity index (χ2n) is 5.11. The van der Waals surface area contributed by atoms with Gasteiger partial charge in [0.2, 0.25) is 5.91 Å². The molecular formula is C13H22N4O2. The van der Waals surface area contributed by atoms with Crippen LogP contribution in [0.5, 0.6) is 0 Å². The zero-order valence-electron chi connectivity index (χ0n) is 12.0. The standard InChI is InChI=1S/C13H22N4O2/c1-9(2)5-6-12(18)14-15-13(19)8-17-11(4)7-10(3)16-17/h7,9H,5-6,8H2,1-4H3,(H,14,18)(H,15,19). The van der Waals surface area contributed by atoms with Gasteiger partial charge in [0.15, 0.2) is 0 Å². The van der Waals surface area contributed by atoms with E-state index >= 15 is 0 Å². The molecule has 1 rings (SSSR count). The van der Waals surface area contributed by atoms with E-state index in [1.165, 1.54) is 0 Å². The van der Waals surface area contributed by atoms with Gasteiger partial charge in [-0.1, -0.05) is 13.8 Å². The highest BCUT2D eigenvalue weighted by atomic mass is 16.2. The predicted octanol–water partition coefficient (Wildman–Crippen LogP) is 1.08. The van der Waals surface area contributed by atoms with Gasteiger partial charge >= 0.3 is 0 Å². The van der Waals surface area contributed by atoms with Crippen molar-refractivity contribution in [2.24, 2.45) is 5.92 Å². The Kier molecular flexibility index (Phi) is 5.54. The van der Waals surface area contributed by atoms with Gasteiger partial charge in [-0.2, -0.15) is 5.10 Å². The third kappa shape index (κ3) is 5.54. The minimum Gasteiger partial charge on any atom is -0.273 e. The minimum absolute atomic E-state index is 0.101. The Hall–Kier alpha value is -1.85. The van der Waals surface area contributed by atoms with Gasteiger partial charge in [-0.15, -0.1) is 0 Å². The highest BCUT2D eigenvalue weighted by Crippen LogP contribution is 2.02. The molecule has 0 bridgehead atoms. The Labute approximate surface area is 113 Å². The second kappa shape index (κ2) is 6.92. The molecule has 19 heavy (non-hydrogen) atoms. The van der Waals surface area contributed by atoms with Crippen LogP contribution < -0.4 is 10.9 Å². The lowest BCUT2D eigenvalue weighted by Gasteiger charge is -2.09. The molecule has 0 radical (unpaired) electrons. The molecule has 0 aliphatic heterocycles. The van der Waals surface area contributed by atoms with Crippen LogP contribution in [0.25, 0.3) is 0 Å². The lowest BCUT2D eigenvalue weighted by molar-refractivity contribution is -0.129. The van der Waals surface area contributed by atoms with E-state index in [-0.39, 0.29) is 18.4 Å². The van der Waals surface area contributed by atoms with E-state index < -0.39 is 0 Å². The van der Waals surface area contributed by atoms with Gasteiger partial charge in [-0.05, 0) is 32.3 Å². The summed E-state index contributed by atoms with van der Waals surface area (Å²) in [6, 6.07) is 1.90. The third-order valence-corrected chi connectivity index (χ3v) is 2.69. The van der Waals surface area contributed by atoms with Crippen LogP contribution in [-0.4, -0.2) is 21.6 Å². The van der Waals surface area contributed by atoms with Crippen LogP contribution in [0.1, 0.15) is 38.1 Å². The zero-order valence-corrected chi connectivity index (χ0v) is 12.0. The number of aryl methyl sites for hydroxylation is 2. The van der Waals surface area contributed by atoms with Crippen molar-refractivity contribution in [2.45, 2.75) is 47.1 Å². The maximum atomic E-state index is 11.6. The molecule has 6 nitrogen and oxygen atoms in total. The number of amides is 2. The Balaban J connectivity index is 2.32. The van der Waals surface area contributed by atoms with E-state index in [9.17, 15) is 9.59 Å². The molecule has 0 aliphatic rings. The van der Waals surface area contributed by atoms with Crippen molar-refractivity contribution in [1.82, 2.24) is 20.6 Å². The quantitative estimate of drug-likeness (QED) is 0.783. The average Bonchev–Trinajstić information content (AvgIpc) is 2.62. The molecule has 0 aromatic carbocycles. The van der Waals surface area contributed by atoms with Crippen LogP contribution in [0.15, 0.2) is 6.07 Å². The fourth-order valence-electron chi connectivity index (χ4n) is 1.63. The molecule has 1 aromatic rings. The number of hydrazine groups is 1. The monoisotopic (exact) mass is 266 g/mol. The van der Waals surface area contributed by atoms with Crippen LogP contribution in [0.2, 0.25) is 0 Å². The highest BCUT2D eigenvalue weighted by molar-refractivity contribution is 5.81. The van der Waals surface area contributed by atoms with E-state index in [0.717, 1.165) is 17.8 Å². The molecule has 2 amide bonds. The molecule has 0 unspecified atom stereocenters. The normalized spacial score (nSPS) is 10.6. The Morgan fingerprint density at radius 2 is 1.89 bits per heavy atom. The topological polar surface area (TPSA) is 76.0 Å². The summed E-state index contributed by atoms with van der Waals surface area (Å²) in [7, 11) is 0. The van der Waals surface area contributed by atoms with Crippen molar-refractivity contribution < 1.29 is 9.59 Å². The summed E-state index contributed by atoms with van der Waals surface area (Å²) >= 11 is 0. The van der Waals surface area contributed by atoms with Crippen molar-refractivity contribution in [3.8, 4) is 0 Å². The SMILES string of the molecule is Cc1cc(C)n(CC(=O)NNC(=O)CCC(C)C)n1. The zero-order chi connectivity index (χ0) is 14.4. The number of carbonyl (C=O) groups excluding carboxylic acids is 2. The first-order valence-electron chi connectivity index (χ1n) is 6.47. The molecule has 0 aliphatic carbocycles. The number of hydrogen-bond acceptors (Lipinski definition) is 3. The Morgan fingerprint density at radius 1 is 1.26 bits per heavy atom. The number of hydrogen-bond donors (Lipinski definition) is 2. The fourth-order valence-corrected chi connectivity index (χ4v) is 1.63. The van der Waals surface area contributed by atoms with Gasteiger partial charge in [0, 0.05) is 12.1 Å². The van der Waals surface area contributed by atoms with Crippen LogP contribution in [0.4, 0.5) is 0 Å². The van der Waals surface area contributed by atoms with E-state index in [1.54, 1.807) is 4.68 Å². The number of nitrogens with zero attached hydrogens (tertiary/aromatic N) is 2. The number of aromatic nitrogens is 2. The van der Waals surface area contributed by atoms with Crippen molar-refractivity contribution in [3.63, 3.8) is 0 Å². The van der Waals surface area contributed by atoms with Gasteiger partial charge in [-0.3, -0.25) is 25.1 Å². The number of carbonyl (C=O) groups is 2. The molecule has 0 saturated carbocycles. The van der Waals surface area contributed by atoms with Gasteiger partial charge in [-0.25, -0.2) is 0 Å². The van der Waals surface area contributed by atoms with Crippen molar-refractivity contribution in [3.05, 3.63) is 17.5 Å². The summed E-state index contributed by atoms with van der Waals surface area (Å²) in [5.74, 6) is 0.00988. The van der Waals surface area contributed by atoms with Gasteiger partial charge in [0.25, 0.3) is 5.91 Å².